The van der Waals surface area contributed by atoms with Gasteiger partial charge in [-0.05, 0) is 36.4 Å². The smallest absolute Gasteiger partial charge is 0.329 e. The largest absolute Gasteiger partial charge is 0.494 e. The van der Waals surface area contributed by atoms with Crippen molar-refractivity contribution in [3.05, 3.63) is 65.2 Å². The van der Waals surface area contributed by atoms with Crippen molar-refractivity contribution >= 4 is 29.9 Å². The molecule has 2 aromatic carbocycles. The van der Waals surface area contributed by atoms with Gasteiger partial charge in [0.05, 0.1) is 24.8 Å². The summed E-state index contributed by atoms with van der Waals surface area (Å²) in [5, 5.41) is 0. The number of nitrogens with zero attached hydrogens (tertiary/aromatic N) is 1. The number of carbonyl (C=O) groups excluding carboxylic acids is 5. The lowest BCUT2D eigenvalue weighted by Gasteiger charge is -2.24. The second-order valence-electron chi connectivity index (χ2n) is 6.16. The topological polar surface area (TPSA) is 107 Å². The van der Waals surface area contributed by atoms with Gasteiger partial charge in [0.15, 0.2) is 0 Å². The lowest BCUT2D eigenvalue weighted by molar-refractivity contribution is -0.145. The SMILES string of the molecule is COC(=O)C(CCOc1ccc(C(=O)[C]=O)cc1)N1C(=O)c2ccccc2C1=O. The highest BCUT2D eigenvalue weighted by Crippen LogP contribution is 2.26. The first-order chi connectivity index (χ1) is 14.0. The van der Waals surface area contributed by atoms with E-state index in [1.165, 1.54) is 49.8 Å². The minimum absolute atomic E-state index is 0.000268. The molecule has 0 N–H and O–H groups in total. The maximum Gasteiger partial charge on any atom is 0.329 e. The van der Waals surface area contributed by atoms with E-state index in [4.69, 9.17) is 9.47 Å². The summed E-state index contributed by atoms with van der Waals surface area (Å²) < 4.78 is 10.3. The molecule has 3 rings (SSSR count). The molecule has 8 heteroatoms. The number of fused-ring (bicyclic) bond motifs is 1. The summed E-state index contributed by atoms with van der Waals surface area (Å²) in [5.74, 6) is -2.24. The third-order valence-electron chi connectivity index (χ3n) is 4.48. The molecule has 1 radical (unpaired) electrons. The van der Waals surface area contributed by atoms with Crippen LogP contribution >= 0.6 is 0 Å². The van der Waals surface area contributed by atoms with E-state index in [0.717, 1.165) is 4.90 Å². The molecular formula is C21H16NO7. The number of esters is 1. The number of ether oxygens (including phenoxy) is 2. The lowest BCUT2D eigenvalue weighted by Crippen LogP contribution is -2.46. The van der Waals surface area contributed by atoms with E-state index < -0.39 is 29.6 Å². The molecule has 0 aliphatic carbocycles. The van der Waals surface area contributed by atoms with Crippen molar-refractivity contribution in [1.29, 1.82) is 0 Å². The second-order valence-corrected chi connectivity index (χ2v) is 6.16. The van der Waals surface area contributed by atoms with Gasteiger partial charge in [-0.25, -0.2) is 4.79 Å². The molecular weight excluding hydrogens is 378 g/mol. The molecule has 0 spiro atoms. The molecule has 8 nitrogen and oxygen atoms in total. The monoisotopic (exact) mass is 394 g/mol. The van der Waals surface area contributed by atoms with E-state index in [9.17, 15) is 24.0 Å². The normalized spacial score (nSPS) is 13.6. The first kappa shape index (κ1) is 19.9. The maximum atomic E-state index is 12.6. The number of imide groups is 1. The second kappa shape index (κ2) is 8.47. The number of Topliss-reactive ketones (excluding diaryl/α,β-unsaturated/α-hetero) is 1. The predicted octanol–water partition coefficient (Wildman–Crippen LogP) is 1.59. The maximum absolute atomic E-state index is 12.6. The minimum Gasteiger partial charge on any atom is -0.494 e. The van der Waals surface area contributed by atoms with Gasteiger partial charge >= 0.3 is 5.97 Å². The van der Waals surface area contributed by atoms with Gasteiger partial charge < -0.3 is 9.47 Å². The summed E-state index contributed by atoms with van der Waals surface area (Å²) in [5.41, 5.74) is 0.643. The highest BCUT2D eigenvalue weighted by atomic mass is 16.5. The molecule has 1 unspecified atom stereocenters. The zero-order valence-corrected chi connectivity index (χ0v) is 15.4. The van der Waals surface area contributed by atoms with Gasteiger partial charge in [0.2, 0.25) is 5.78 Å². The Bertz CT molecular complexity index is 946. The summed E-state index contributed by atoms with van der Waals surface area (Å²) >= 11 is 0. The Balaban J connectivity index is 1.70. The third-order valence-corrected chi connectivity index (χ3v) is 4.48. The van der Waals surface area contributed by atoms with Crippen LogP contribution < -0.4 is 4.74 Å². The van der Waals surface area contributed by atoms with Gasteiger partial charge in [0.25, 0.3) is 18.1 Å². The van der Waals surface area contributed by atoms with Crippen LogP contribution in [0.2, 0.25) is 0 Å². The van der Waals surface area contributed by atoms with Crippen molar-refractivity contribution in [2.24, 2.45) is 0 Å². The van der Waals surface area contributed by atoms with Gasteiger partial charge in [-0.3, -0.25) is 24.1 Å². The Morgan fingerprint density at radius 2 is 1.59 bits per heavy atom. The van der Waals surface area contributed by atoms with Crippen LogP contribution in [0.4, 0.5) is 0 Å². The van der Waals surface area contributed by atoms with Crippen LogP contribution in [0.25, 0.3) is 0 Å². The molecule has 1 heterocycles. The van der Waals surface area contributed by atoms with Crippen molar-refractivity contribution < 1.29 is 33.4 Å². The van der Waals surface area contributed by atoms with Gasteiger partial charge in [0.1, 0.15) is 11.8 Å². The molecule has 1 aliphatic rings. The predicted molar refractivity (Wildman–Crippen MR) is 99.3 cm³/mol. The third kappa shape index (κ3) is 3.91. The Morgan fingerprint density at radius 1 is 1.00 bits per heavy atom. The van der Waals surface area contributed by atoms with Gasteiger partial charge in [0, 0.05) is 12.0 Å². The number of hydrogen-bond donors (Lipinski definition) is 0. The van der Waals surface area contributed by atoms with E-state index in [1.807, 2.05) is 0 Å². The molecule has 0 aromatic heterocycles. The van der Waals surface area contributed by atoms with Crippen molar-refractivity contribution in [2.75, 3.05) is 13.7 Å². The molecule has 0 saturated heterocycles. The van der Waals surface area contributed by atoms with Crippen LogP contribution in [0.3, 0.4) is 0 Å². The van der Waals surface area contributed by atoms with Crippen molar-refractivity contribution in [3.63, 3.8) is 0 Å². The van der Waals surface area contributed by atoms with E-state index in [0.29, 0.717) is 5.75 Å². The summed E-state index contributed by atoms with van der Waals surface area (Å²) in [4.78, 5) is 60.0. The molecule has 0 fully saturated rings. The molecule has 2 amide bonds. The van der Waals surface area contributed by atoms with Crippen molar-refractivity contribution in [1.82, 2.24) is 4.90 Å². The van der Waals surface area contributed by atoms with E-state index in [-0.39, 0.29) is 29.7 Å². The average molecular weight is 394 g/mol. The standard InChI is InChI=1S/C21H16NO7/c1-28-21(27)17(22-19(25)15-4-2-3-5-16(15)20(22)26)10-11-29-14-8-6-13(7-9-14)18(24)12-23/h2-9,17H,10-11H2,1H3. The summed E-state index contributed by atoms with van der Waals surface area (Å²) in [6, 6.07) is 11.0. The van der Waals surface area contributed by atoms with Crippen LogP contribution in [-0.4, -0.2) is 54.5 Å². The molecule has 2 aromatic rings. The molecule has 0 saturated carbocycles. The Hall–Kier alpha value is -3.81. The fourth-order valence-electron chi connectivity index (χ4n) is 3.03. The van der Waals surface area contributed by atoms with Gasteiger partial charge in [-0.15, -0.1) is 0 Å². The lowest BCUT2D eigenvalue weighted by atomic mass is 10.1. The zero-order valence-electron chi connectivity index (χ0n) is 15.4. The Labute approximate surface area is 166 Å². The van der Waals surface area contributed by atoms with E-state index in [1.54, 1.807) is 12.1 Å². The Kier molecular flexibility index (Phi) is 5.82. The summed E-state index contributed by atoms with van der Waals surface area (Å²) in [6.45, 7) is 0.000268. The minimum atomic E-state index is -1.14. The number of methoxy groups -OCH3 is 1. The first-order valence-corrected chi connectivity index (χ1v) is 8.68. The van der Waals surface area contributed by atoms with Crippen LogP contribution in [0, 0.1) is 0 Å². The zero-order chi connectivity index (χ0) is 21.0. The summed E-state index contributed by atoms with van der Waals surface area (Å²) in [6.07, 6.45) is 1.29. The van der Waals surface area contributed by atoms with Crippen molar-refractivity contribution in [2.45, 2.75) is 12.5 Å². The molecule has 1 atom stereocenters. The highest BCUT2D eigenvalue weighted by molar-refractivity contribution is 6.33. The number of hydrogen-bond acceptors (Lipinski definition) is 7. The number of amides is 2. The van der Waals surface area contributed by atoms with Gasteiger partial charge in [-0.1, -0.05) is 12.1 Å². The number of benzene rings is 2. The number of carbonyl (C=O) groups is 4. The number of ketones is 1. The number of rotatable bonds is 8. The van der Waals surface area contributed by atoms with Crippen LogP contribution in [-0.2, 0) is 14.3 Å². The van der Waals surface area contributed by atoms with Crippen LogP contribution in [0.1, 0.15) is 37.5 Å². The van der Waals surface area contributed by atoms with Crippen molar-refractivity contribution in [3.8, 4) is 5.75 Å². The highest BCUT2D eigenvalue weighted by Gasteiger charge is 2.43. The fraction of sp³-hybridized carbons (Fsp3) is 0.190. The van der Waals surface area contributed by atoms with Crippen LogP contribution in [0.15, 0.2) is 48.5 Å². The average Bonchev–Trinajstić information content (AvgIpc) is 3.01. The Morgan fingerprint density at radius 3 is 2.10 bits per heavy atom. The fourth-order valence-corrected chi connectivity index (χ4v) is 3.03. The molecule has 1 aliphatic heterocycles. The van der Waals surface area contributed by atoms with E-state index in [2.05, 4.69) is 0 Å². The molecule has 0 bridgehead atoms. The first-order valence-electron chi connectivity index (χ1n) is 8.68. The molecule has 29 heavy (non-hydrogen) atoms. The quantitative estimate of drug-likeness (QED) is 0.290. The van der Waals surface area contributed by atoms with Crippen LogP contribution in [0.5, 0.6) is 5.75 Å². The summed E-state index contributed by atoms with van der Waals surface area (Å²) in [7, 11) is 1.17. The van der Waals surface area contributed by atoms with E-state index >= 15 is 0 Å². The van der Waals surface area contributed by atoms with Gasteiger partial charge in [-0.2, -0.15) is 0 Å². The molecule has 147 valence electrons.